The number of primary amides is 1. The van der Waals surface area contributed by atoms with Gasteiger partial charge in [-0.2, -0.15) is 0 Å². The van der Waals surface area contributed by atoms with E-state index in [1.165, 1.54) is 24.3 Å². The molecule has 1 aromatic carbocycles. The maximum absolute atomic E-state index is 12.2. The predicted octanol–water partition coefficient (Wildman–Crippen LogP) is 1.29. The van der Waals surface area contributed by atoms with Crippen LogP contribution in [0.1, 0.15) is 23.0 Å². The molecule has 0 saturated heterocycles. The second kappa shape index (κ2) is 6.11. The van der Waals surface area contributed by atoms with Crippen molar-refractivity contribution < 1.29 is 17.6 Å². The first kappa shape index (κ1) is 15.3. The van der Waals surface area contributed by atoms with Gasteiger partial charge in [0.25, 0.3) is 0 Å². The van der Waals surface area contributed by atoms with E-state index >= 15 is 0 Å². The van der Waals surface area contributed by atoms with Crippen LogP contribution in [0.4, 0.5) is 0 Å². The average molecular weight is 308 g/mol. The molecule has 1 aromatic heterocycles. The van der Waals surface area contributed by atoms with Gasteiger partial charge < -0.3 is 10.2 Å². The van der Waals surface area contributed by atoms with E-state index < -0.39 is 15.9 Å². The molecule has 0 fully saturated rings. The van der Waals surface area contributed by atoms with Gasteiger partial charge in [-0.15, -0.1) is 0 Å². The molecule has 112 valence electrons. The summed E-state index contributed by atoms with van der Waals surface area (Å²) in [5.41, 5.74) is 5.38. The third kappa shape index (κ3) is 3.93. The maximum atomic E-state index is 12.2. The van der Waals surface area contributed by atoms with E-state index in [2.05, 4.69) is 4.72 Å². The molecular weight excluding hydrogens is 292 g/mol. The molecule has 2 rings (SSSR count). The van der Waals surface area contributed by atoms with Crippen LogP contribution in [0, 0.1) is 0 Å². The van der Waals surface area contributed by atoms with Gasteiger partial charge in [0.05, 0.1) is 11.2 Å². The van der Waals surface area contributed by atoms with Crippen molar-refractivity contribution in [1.29, 1.82) is 0 Å². The molecule has 1 atom stereocenters. The number of nitrogens with one attached hydrogen (secondary N) is 1. The van der Waals surface area contributed by atoms with Crippen LogP contribution in [0.25, 0.3) is 0 Å². The standard InChI is InChI=1S/C14H16N2O4S/c1-10(9-12-3-2-8-20-12)16-21(18,19)13-6-4-11(5-7-13)14(15)17/h2-8,10,16H,9H2,1H3,(H2,15,17)/t10-/m0/s1. The fourth-order valence-corrected chi connectivity index (χ4v) is 3.15. The van der Waals surface area contributed by atoms with Crippen molar-refractivity contribution in [2.45, 2.75) is 24.3 Å². The van der Waals surface area contributed by atoms with Crippen LogP contribution in [-0.4, -0.2) is 20.4 Å². The van der Waals surface area contributed by atoms with E-state index in [0.717, 1.165) is 0 Å². The normalized spacial score (nSPS) is 13.0. The molecule has 0 saturated carbocycles. The predicted molar refractivity (Wildman–Crippen MR) is 77.2 cm³/mol. The minimum Gasteiger partial charge on any atom is -0.469 e. The van der Waals surface area contributed by atoms with Crippen LogP contribution in [-0.2, 0) is 16.4 Å². The number of carbonyl (C=O) groups excluding carboxylic acids is 1. The highest BCUT2D eigenvalue weighted by Gasteiger charge is 2.18. The van der Waals surface area contributed by atoms with Crippen molar-refractivity contribution >= 4 is 15.9 Å². The zero-order valence-corrected chi connectivity index (χ0v) is 12.3. The summed E-state index contributed by atoms with van der Waals surface area (Å²) in [7, 11) is -3.65. The Bertz CT molecular complexity index is 706. The molecular formula is C14H16N2O4S. The Morgan fingerprint density at radius 3 is 2.48 bits per heavy atom. The minimum absolute atomic E-state index is 0.0822. The monoisotopic (exact) mass is 308 g/mol. The van der Waals surface area contributed by atoms with Crippen LogP contribution in [0.3, 0.4) is 0 Å². The molecule has 0 aliphatic rings. The number of sulfonamides is 1. The lowest BCUT2D eigenvalue weighted by atomic mass is 10.2. The molecule has 2 aromatic rings. The molecule has 7 heteroatoms. The summed E-state index contributed by atoms with van der Waals surface area (Å²) in [5, 5.41) is 0. The highest BCUT2D eigenvalue weighted by atomic mass is 32.2. The fourth-order valence-electron chi connectivity index (χ4n) is 1.90. The third-order valence-corrected chi connectivity index (χ3v) is 4.50. The number of amides is 1. The maximum Gasteiger partial charge on any atom is 0.248 e. The van der Waals surface area contributed by atoms with Crippen molar-refractivity contribution in [2.24, 2.45) is 5.73 Å². The quantitative estimate of drug-likeness (QED) is 0.839. The first-order valence-corrected chi connectivity index (χ1v) is 7.81. The Morgan fingerprint density at radius 2 is 1.95 bits per heavy atom. The number of hydrogen-bond donors (Lipinski definition) is 2. The van der Waals surface area contributed by atoms with Crippen molar-refractivity contribution in [1.82, 2.24) is 4.72 Å². The van der Waals surface area contributed by atoms with Gasteiger partial charge in [0.15, 0.2) is 0 Å². The molecule has 3 N–H and O–H groups in total. The fraction of sp³-hybridized carbons (Fsp3) is 0.214. The van der Waals surface area contributed by atoms with Crippen molar-refractivity contribution in [3.63, 3.8) is 0 Å². The van der Waals surface area contributed by atoms with Crippen LogP contribution in [0.2, 0.25) is 0 Å². The van der Waals surface area contributed by atoms with Gasteiger partial charge in [0.1, 0.15) is 5.76 Å². The molecule has 0 unspecified atom stereocenters. The van der Waals surface area contributed by atoms with Gasteiger partial charge in [0.2, 0.25) is 15.9 Å². The van der Waals surface area contributed by atoms with E-state index in [0.29, 0.717) is 12.2 Å². The topological polar surface area (TPSA) is 102 Å². The minimum atomic E-state index is -3.65. The second-order valence-corrected chi connectivity index (χ2v) is 6.41. The first-order chi connectivity index (χ1) is 9.88. The number of nitrogens with two attached hydrogens (primary N) is 1. The number of hydrogen-bond acceptors (Lipinski definition) is 4. The van der Waals surface area contributed by atoms with Crippen LogP contribution < -0.4 is 10.5 Å². The van der Waals surface area contributed by atoms with E-state index in [4.69, 9.17) is 10.2 Å². The molecule has 0 bridgehead atoms. The zero-order chi connectivity index (χ0) is 15.5. The largest absolute Gasteiger partial charge is 0.469 e. The Labute approximate surface area is 123 Å². The summed E-state index contributed by atoms with van der Waals surface area (Å²) in [6.07, 6.45) is 1.99. The van der Waals surface area contributed by atoms with Gasteiger partial charge in [-0.25, -0.2) is 13.1 Å². The lowest BCUT2D eigenvalue weighted by Gasteiger charge is -2.13. The number of benzene rings is 1. The second-order valence-electron chi connectivity index (χ2n) is 4.69. The molecule has 0 radical (unpaired) electrons. The van der Waals surface area contributed by atoms with Crippen LogP contribution in [0.5, 0.6) is 0 Å². The van der Waals surface area contributed by atoms with E-state index in [1.54, 1.807) is 25.3 Å². The van der Waals surface area contributed by atoms with Crippen LogP contribution >= 0.6 is 0 Å². The highest BCUT2D eigenvalue weighted by molar-refractivity contribution is 7.89. The lowest BCUT2D eigenvalue weighted by Crippen LogP contribution is -2.34. The number of furan rings is 1. The van der Waals surface area contributed by atoms with Gasteiger partial charge in [0, 0.05) is 18.0 Å². The Morgan fingerprint density at radius 1 is 1.29 bits per heavy atom. The third-order valence-electron chi connectivity index (χ3n) is 2.89. The van der Waals surface area contributed by atoms with Crippen LogP contribution in [0.15, 0.2) is 52.0 Å². The number of carbonyl (C=O) groups is 1. The molecule has 21 heavy (non-hydrogen) atoms. The molecule has 0 aliphatic carbocycles. The van der Waals surface area contributed by atoms with E-state index in [9.17, 15) is 13.2 Å². The summed E-state index contributed by atoms with van der Waals surface area (Å²) < 4.78 is 32.1. The summed E-state index contributed by atoms with van der Waals surface area (Å²) in [6.45, 7) is 1.75. The molecule has 1 heterocycles. The van der Waals surface area contributed by atoms with Crippen molar-refractivity contribution in [3.8, 4) is 0 Å². The molecule has 0 aliphatic heterocycles. The van der Waals surface area contributed by atoms with Gasteiger partial charge in [-0.1, -0.05) is 0 Å². The van der Waals surface area contributed by atoms with E-state index in [-0.39, 0.29) is 16.5 Å². The molecule has 0 spiro atoms. The molecule has 1 amide bonds. The highest BCUT2D eigenvalue weighted by Crippen LogP contribution is 2.12. The van der Waals surface area contributed by atoms with E-state index in [1.807, 2.05) is 0 Å². The summed E-state index contributed by atoms with van der Waals surface area (Å²) >= 11 is 0. The SMILES string of the molecule is C[C@@H](Cc1ccco1)NS(=O)(=O)c1ccc(C(N)=O)cc1. The van der Waals surface area contributed by atoms with Gasteiger partial charge in [-0.3, -0.25) is 4.79 Å². The summed E-state index contributed by atoms with van der Waals surface area (Å²) in [5.74, 6) is 0.104. The summed E-state index contributed by atoms with van der Waals surface area (Å²) in [4.78, 5) is 11.0. The van der Waals surface area contributed by atoms with Crippen molar-refractivity contribution in [3.05, 3.63) is 54.0 Å². The molecule has 6 nitrogen and oxygen atoms in total. The lowest BCUT2D eigenvalue weighted by molar-refractivity contribution is 0.1000. The Kier molecular flexibility index (Phi) is 4.44. The smallest absolute Gasteiger partial charge is 0.248 e. The number of rotatable bonds is 6. The van der Waals surface area contributed by atoms with Crippen molar-refractivity contribution in [2.75, 3.05) is 0 Å². The zero-order valence-electron chi connectivity index (χ0n) is 11.4. The first-order valence-electron chi connectivity index (χ1n) is 6.33. The van der Waals surface area contributed by atoms with Gasteiger partial charge in [-0.05, 0) is 43.3 Å². The average Bonchev–Trinajstić information content (AvgIpc) is 2.90. The van der Waals surface area contributed by atoms with Gasteiger partial charge >= 0.3 is 0 Å². The Balaban J connectivity index is 2.08. The summed E-state index contributed by atoms with van der Waals surface area (Å²) in [6, 6.07) is 8.68. The Hall–Kier alpha value is -2.12.